The number of carbonyl (C=O) groups is 1. The monoisotopic (exact) mass is 440 g/mol. The van der Waals surface area contributed by atoms with Gasteiger partial charge in [0.1, 0.15) is 0 Å². The summed E-state index contributed by atoms with van der Waals surface area (Å²) in [6, 6.07) is 14.4. The maximum atomic E-state index is 12.8. The minimum atomic E-state index is 0.00117. The van der Waals surface area contributed by atoms with Crippen LogP contribution < -0.4 is 19.7 Å². The summed E-state index contributed by atoms with van der Waals surface area (Å²) in [6.07, 6.45) is 0.301. The minimum absolute atomic E-state index is 0.00117. The number of hydrogen-bond donors (Lipinski definition) is 1. The van der Waals surface area contributed by atoms with Crippen LogP contribution in [0.2, 0.25) is 0 Å². The first-order valence-corrected chi connectivity index (χ1v) is 11.1. The van der Waals surface area contributed by atoms with Gasteiger partial charge in [0.2, 0.25) is 5.91 Å². The second-order valence-electron chi connectivity index (χ2n) is 8.51. The fourth-order valence-corrected chi connectivity index (χ4v) is 4.03. The minimum Gasteiger partial charge on any atom is -0.493 e. The molecule has 3 rings (SSSR count). The number of amides is 1. The molecule has 0 saturated carbocycles. The van der Waals surface area contributed by atoms with Crippen molar-refractivity contribution in [2.24, 2.45) is 0 Å². The standard InChI is InChI=1S/C25H36N4O3/c1-27(2)21-9-7-20(8-10-21)22(29-14-12-28(3)13-15-29)18-26-25(30)17-19-6-11-23(31-4)24(16-19)32-5/h6-11,16,22H,12-15,17-18H2,1-5H3,(H,26,30)/t22-/m0/s1. The summed E-state index contributed by atoms with van der Waals surface area (Å²) in [5, 5.41) is 3.17. The Kier molecular flexibility index (Phi) is 8.36. The summed E-state index contributed by atoms with van der Waals surface area (Å²) in [7, 11) is 9.45. The lowest BCUT2D eigenvalue weighted by molar-refractivity contribution is -0.120. The van der Waals surface area contributed by atoms with E-state index in [9.17, 15) is 4.79 Å². The van der Waals surface area contributed by atoms with Crippen LogP contribution in [0.25, 0.3) is 0 Å². The molecule has 0 bridgehead atoms. The Morgan fingerprint density at radius 2 is 1.66 bits per heavy atom. The van der Waals surface area contributed by atoms with Crippen LogP contribution in [0.1, 0.15) is 17.2 Å². The number of likely N-dealkylation sites (N-methyl/N-ethyl adjacent to an activating group) is 1. The zero-order valence-corrected chi connectivity index (χ0v) is 19.9. The van der Waals surface area contributed by atoms with Crippen LogP contribution in [0.4, 0.5) is 5.69 Å². The number of nitrogens with zero attached hydrogens (tertiary/aromatic N) is 3. The molecule has 1 atom stereocenters. The molecule has 1 heterocycles. The molecule has 1 fully saturated rings. The zero-order chi connectivity index (χ0) is 23.1. The summed E-state index contributed by atoms with van der Waals surface area (Å²) in [6.45, 7) is 4.62. The highest BCUT2D eigenvalue weighted by molar-refractivity contribution is 5.78. The summed E-state index contributed by atoms with van der Waals surface area (Å²) in [5.41, 5.74) is 3.29. The second kappa shape index (κ2) is 11.2. The normalized spacial score (nSPS) is 15.8. The lowest BCUT2D eigenvalue weighted by atomic mass is 10.0. The Morgan fingerprint density at radius 1 is 1.00 bits per heavy atom. The van der Waals surface area contributed by atoms with Crippen LogP contribution >= 0.6 is 0 Å². The summed E-state index contributed by atoms with van der Waals surface area (Å²) < 4.78 is 10.6. The van der Waals surface area contributed by atoms with Crippen LogP contribution in [-0.2, 0) is 11.2 Å². The molecule has 1 N–H and O–H groups in total. The van der Waals surface area contributed by atoms with E-state index in [1.54, 1.807) is 14.2 Å². The Labute approximate surface area is 191 Å². The molecule has 0 spiro atoms. The van der Waals surface area contributed by atoms with Crippen molar-refractivity contribution in [1.29, 1.82) is 0 Å². The van der Waals surface area contributed by atoms with Gasteiger partial charge < -0.3 is 24.6 Å². The van der Waals surface area contributed by atoms with Gasteiger partial charge in [-0.25, -0.2) is 0 Å². The molecule has 1 aliphatic rings. The zero-order valence-electron chi connectivity index (χ0n) is 19.9. The summed E-state index contributed by atoms with van der Waals surface area (Å²) >= 11 is 0. The molecule has 2 aromatic rings. The number of ether oxygens (including phenoxy) is 2. The average molecular weight is 441 g/mol. The second-order valence-corrected chi connectivity index (χ2v) is 8.51. The lowest BCUT2D eigenvalue weighted by Gasteiger charge is -2.38. The molecule has 0 unspecified atom stereocenters. The highest BCUT2D eigenvalue weighted by Crippen LogP contribution is 2.28. The molecule has 1 saturated heterocycles. The van der Waals surface area contributed by atoms with Crippen molar-refractivity contribution >= 4 is 11.6 Å². The Morgan fingerprint density at radius 3 is 2.25 bits per heavy atom. The molecule has 7 heteroatoms. The average Bonchev–Trinajstić information content (AvgIpc) is 2.80. The smallest absolute Gasteiger partial charge is 0.224 e. The Hall–Kier alpha value is -2.77. The quantitative estimate of drug-likeness (QED) is 0.646. The van der Waals surface area contributed by atoms with Gasteiger partial charge in [-0.3, -0.25) is 9.69 Å². The number of nitrogens with one attached hydrogen (secondary N) is 1. The first kappa shape index (κ1) is 23.9. The highest BCUT2D eigenvalue weighted by Gasteiger charge is 2.24. The largest absolute Gasteiger partial charge is 0.493 e. The Bertz CT molecular complexity index is 877. The maximum absolute atomic E-state index is 12.8. The third-order valence-electron chi connectivity index (χ3n) is 6.08. The molecule has 1 aliphatic heterocycles. The fourth-order valence-electron chi connectivity index (χ4n) is 4.03. The lowest BCUT2D eigenvalue weighted by Crippen LogP contribution is -2.48. The van der Waals surface area contributed by atoms with Crippen molar-refractivity contribution in [3.8, 4) is 11.5 Å². The number of piperazine rings is 1. The molecular formula is C25H36N4O3. The van der Waals surface area contributed by atoms with E-state index >= 15 is 0 Å². The first-order chi connectivity index (χ1) is 15.4. The molecule has 174 valence electrons. The number of rotatable bonds is 9. The third kappa shape index (κ3) is 6.14. The molecule has 0 aromatic heterocycles. The van der Waals surface area contributed by atoms with E-state index in [-0.39, 0.29) is 11.9 Å². The van der Waals surface area contributed by atoms with Crippen molar-refractivity contribution in [3.63, 3.8) is 0 Å². The number of anilines is 1. The number of hydrogen-bond acceptors (Lipinski definition) is 6. The van der Waals surface area contributed by atoms with E-state index < -0.39 is 0 Å². The van der Waals surface area contributed by atoms with Crippen molar-refractivity contribution < 1.29 is 14.3 Å². The van der Waals surface area contributed by atoms with Gasteiger partial charge >= 0.3 is 0 Å². The van der Waals surface area contributed by atoms with Crippen molar-refractivity contribution in [2.75, 3.05) is 73.0 Å². The van der Waals surface area contributed by atoms with Crippen LogP contribution in [0.5, 0.6) is 11.5 Å². The van der Waals surface area contributed by atoms with Crippen LogP contribution in [0.15, 0.2) is 42.5 Å². The van der Waals surface area contributed by atoms with Gasteiger partial charge in [-0.05, 0) is 42.4 Å². The number of carbonyl (C=O) groups excluding carboxylic acids is 1. The molecule has 1 amide bonds. The van der Waals surface area contributed by atoms with E-state index in [0.29, 0.717) is 24.5 Å². The third-order valence-corrected chi connectivity index (χ3v) is 6.08. The van der Waals surface area contributed by atoms with E-state index in [4.69, 9.17) is 9.47 Å². The fraction of sp³-hybridized carbons (Fsp3) is 0.480. The number of benzene rings is 2. The van der Waals surface area contributed by atoms with E-state index in [1.807, 2.05) is 32.3 Å². The predicted octanol–water partition coefficient (Wildman–Crippen LogP) is 2.42. The molecule has 0 radical (unpaired) electrons. The molecule has 32 heavy (non-hydrogen) atoms. The molecule has 2 aromatic carbocycles. The van der Waals surface area contributed by atoms with Gasteiger partial charge in [0, 0.05) is 52.5 Å². The summed E-state index contributed by atoms with van der Waals surface area (Å²) in [4.78, 5) is 19.7. The van der Waals surface area contributed by atoms with Crippen LogP contribution in [0.3, 0.4) is 0 Å². The van der Waals surface area contributed by atoms with Crippen molar-refractivity contribution in [1.82, 2.24) is 15.1 Å². The van der Waals surface area contributed by atoms with Gasteiger partial charge in [0.05, 0.1) is 26.7 Å². The van der Waals surface area contributed by atoms with E-state index in [0.717, 1.165) is 31.7 Å². The molecule has 7 nitrogen and oxygen atoms in total. The predicted molar refractivity (Wildman–Crippen MR) is 129 cm³/mol. The van der Waals surface area contributed by atoms with Crippen molar-refractivity contribution in [2.45, 2.75) is 12.5 Å². The SMILES string of the molecule is COc1ccc(CC(=O)NC[C@@H](c2ccc(N(C)C)cc2)N2CCN(C)CC2)cc1OC. The van der Waals surface area contributed by atoms with Gasteiger partial charge in [0.25, 0.3) is 0 Å². The Balaban J connectivity index is 1.68. The van der Waals surface area contributed by atoms with Gasteiger partial charge in [-0.2, -0.15) is 0 Å². The molecular weight excluding hydrogens is 404 g/mol. The topological polar surface area (TPSA) is 57.3 Å². The maximum Gasteiger partial charge on any atom is 0.224 e. The van der Waals surface area contributed by atoms with Gasteiger partial charge in [-0.15, -0.1) is 0 Å². The van der Waals surface area contributed by atoms with E-state index in [1.165, 1.54) is 11.3 Å². The van der Waals surface area contributed by atoms with E-state index in [2.05, 4.69) is 51.3 Å². The highest BCUT2D eigenvalue weighted by atomic mass is 16.5. The molecule has 0 aliphatic carbocycles. The van der Waals surface area contributed by atoms with Crippen LogP contribution in [-0.4, -0.2) is 83.8 Å². The van der Waals surface area contributed by atoms with Crippen molar-refractivity contribution in [3.05, 3.63) is 53.6 Å². The number of methoxy groups -OCH3 is 2. The van der Waals surface area contributed by atoms with Gasteiger partial charge in [0.15, 0.2) is 11.5 Å². The van der Waals surface area contributed by atoms with Gasteiger partial charge in [-0.1, -0.05) is 18.2 Å². The first-order valence-electron chi connectivity index (χ1n) is 11.1. The summed E-state index contributed by atoms with van der Waals surface area (Å²) in [5.74, 6) is 1.29. The van der Waals surface area contributed by atoms with Crippen LogP contribution in [0, 0.1) is 0 Å².